The van der Waals surface area contributed by atoms with E-state index in [0.29, 0.717) is 31.9 Å². The second-order valence-corrected chi connectivity index (χ2v) is 7.50. The normalized spacial score (nSPS) is 14.3. The smallest absolute Gasteiger partial charge is 0.406 e. The van der Waals surface area contributed by atoms with Gasteiger partial charge in [-0.25, -0.2) is 19.7 Å². The van der Waals surface area contributed by atoms with Crippen molar-refractivity contribution in [3.05, 3.63) is 54.4 Å². The van der Waals surface area contributed by atoms with Crippen molar-refractivity contribution < 1.29 is 22.7 Å². The molecule has 1 aliphatic rings. The molecule has 1 N–H and O–H groups in total. The van der Waals surface area contributed by atoms with E-state index < -0.39 is 6.36 Å². The Kier molecular flexibility index (Phi) is 6.07. The maximum Gasteiger partial charge on any atom is 0.573 e. The number of imidazole rings is 1. The number of carbonyl (C=O) groups is 1. The molecule has 1 saturated heterocycles. The number of rotatable bonds is 4. The molecule has 1 aliphatic heterocycles. The van der Waals surface area contributed by atoms with Crippen molar-refractivity contribution in [1.82, 2.24) is 24.4 Å². The average Bonchev–Trinajstić information content (AvgIpc) is 3.12. The lowest BCUT2D eigenvalue weighted by Gasteiger charge is -2.35. The SMILES string of the molecule is Cc1ncn(-c2cc(N3CCN(C(=O)Nc4ccc(OC(F)(F)F)cc4)CC3)ncn2)c1C. The summed E-state index contributed by atoms with van der Waals surface area (Å²) in [4.78, 5) is 29.3. The van der Waals surface area contributed by atoms with Gasteiger partial charge in [-0.05, 0) is 38.1 Å². The number of anilines is 2. The first-order valence-corrected chi connectivity index (χ1v) is 10.2. The van der Waals surface area contributed by atoms with Crippen molar-refractivity contribution in [3.8, 4) is 11.6 Å². The Balaban J connectivity index is 1.34. The topological polar surface area (TPSA) is 88.4 Å². The molecule has 33 heavy (non-hydrogen) atoms. The average molecular weight is 461 g/mol. The molecule has 9 nitrogen and oxygen atoms in total. The highest BCUT2D eigenvalue weighted by molar-refractivity contribution is 5.89. The lowest BCUT2D eigenvalue weighted by molar-refractivity contribution is -0.274. The number of urea groups is 1. The van der Waals surface area contributed by atoms with Crippen molar-refractivity contribution in [3.63, 3.8) is 0 Å². The first-order chi connectivity index (χ1) is 15.7. The highest BCUT2D eigenvalue weighted by atomic mass is 19.4. The van der Waals surface area contributed by atoms with E-state index in [9.17, 15) is 18.0 Å². The monoisotopic (exact) mass is 461 g/mol. The lowest BCUT2D eigenvalue weighted by atomic mass is 10.3. The third-order valence-corrected chi connectivity index (χ3v) is 5.37. The lowest BCUT2D eigenvalue weighted by Crippen LogP contribution is -2.50. The van der Waals surface area contributed by atoms with Crippen molar-refractivity contribution in [2.24, 2.45) is 0 Å². The summed E-state index contributed by atoms with van der Waals surface area (Å²) < 4.78 is 42.5. The molecule has 12 heteroatoms. The van der Waals surface area contributed by atoms with Crippen LogP contribution in [-0.2, 0) is 0 Å². The minimum Gasteiger partial charge on any atom is -0.406 e. The standard InChI is InChI=1S/C21H22F3N7O2/c1-14-15(2)31(13-27-14)19-11-18(25-12-26-19)29-7-9-30(10-8-29)20(32)28-16-3-5-17(6-4-16)33-21(22,23)24/h3-6,11-13H,7-10H2,1-2H3,(H,28,32). The van der Waals surface area contributed by atoms with Crippen LogP contribution in [0.1, 0.15) is 11.4 Å². The van der Waals surface area contributed by atoms with Gasteiger partial charge in [0.1, 0.15) is 30.0 Å². The molecule has 0 unspecified atom stereocenters. The second kappa shape index (κ2) is 8.96. The van der Waals surface area contributed by atoms with Crippen molar-refractivity contribution in [2.45, 2.75) is 20.2 Å². The highest BCUT2D eigenvalue weighted by Crippen LogP contribution is 2.24. The molecule has 0 aliphatic carbocycles. The van der Waals surface area contributed by atoms with Gasteiger partial charge in [-0.3, -0.25) is 4.57 Å². The van der Waals surface area contributed by atoms with E-state index in [1.54, 1.807) is 11.2 Å². The molecule has 0 saturated carbocycles. The van der Waals surface area contributed by atoms with E-state index in [0.717, 1.165) is 35.2 Å². The summed E-state index contributed by atoms with van der Waals surface area (Å²) in [5.41, 5.74) is 2.31. The molecule has 0 spiro atoms. The van der Waals surface area contributed by atoms with Gasteiger partial charge in [-0.2, -0.15) is 0 Å². The van der Waals surface area contributed by atoms with Crippen LogP contribution in [0.2, 0.25) is 0 Å². The first-order valence-electron chi connectivity index (χ1n) is 10.2. The quantitative estimate of drug-likeness (QED) is 0.640. The van der Waals surface area contributed by atoms with Crippen LogP contribution < -0.4 is 15.0 Å². The summed E-state index contributed by atoms with van der Waals surface area (Å²) in [6.45, 7) is 5.98. The number of amides is 2. The Morgan fingerprint density at radius 3 is 2.27 bits per heavy atom. The zero-order valence-electron chi connectivity index (χ0n) is 18.0. The Labute approximate surface area is 187 Å². The van der Waals surface area contributed by atoms with Crippen molar-refractivity contribution >= 4 is 17.5 Å². The van der Waals surface area contributed by atoms with Gasteiger partial charge in [0.05, 0.1) is 5.69 Å². The van der Waals surface area contributed by atoms with Gasteiger partial charge in [0.15, 0.2) is 0 Å². The minimum absolute atomic E-state index is 0.327. The number of aromatic nitrogens is 4. The van der Waals surface area contributed by atoms with Crippen LogP contribution in [0.25, 0.3) is 5.82 Å². The zero-order valence-corrected chi connectivity index (χ0v) is 18.0. The van der Waals surface area contributed by atoms with Crippen LogP contribution in [0.5, 0.6) is 5.75 Å². The number of alkyl halides is 3. The van der Waals surface area contributed by atoms with Crippen LogP contribution in [0, 0.1) is 13.8 Å². The van der Waals surface area contributed by atoms with E-state index in [4.69, 9.17) is 0 Å². The van der Waals surface area contributed by atoms with Gasteiger partial charge in [-0.1, -0.05) is 0 Å². The predicted octanol–water partition coefficient (Wildman–Crippen LogP) is 3.53. The summed E-state index contributed by atoms with van der Waals surface area (Å²) in [6, 6.07) is 6.57. The summed E-state index contributed by atoms with van der Waals surface area (Å²) in [7, 11) is 0. The molecule has 174 valence electrons. The Bertz CT molecular complexity index is 1120. The molecule has 2 aromatic heterocycles. The summed E-state index contributed by atoms with van der Waals surface area (Å²) >= 11 is 0. The Morgan fingerprint density at radius 2 is 1.67 bits per heavy atom. The van der Waals surface area contributed by atoms with Gasteiger partial charge in [0.2, 0.25) is 0 Å². The molecule has 1 aromatic carbocycles. The van der Waals surface area contributed by atoms with E-state index in [1.165, 1.54) is 18.5 Å². The largest absolute Gasteiger partial charge is 0.573 e. The van der Waals surface area contributed by atoms with Gasteiger partial charge < -0.3 is 19.9 Å². The van der Waals surface area contributed by atoms with Crippen LogP contribution in [0.4, 0.5) is 29.5 Å². The van der Waals surface area contributed by atoms with Crippen LogP contribution in [0.15, 0.2) is 43.0 Å². The Hall–Kier alpha value is -3.83. The Morgan fingerprint density at radius 1 is 1.00 bits per heavy atom. The highest BCUT2D eigenvalue weighted by Gasteiger charge is 2.31. The maximum atomic E-state index is 12.6. The number of benzene rings is 1. The molecule has 3 aromatic rings. The van der Waals surface area contributed by atoms with E-state index in [2.05, 4.69) is 29.9 Å². The number of halogens is 3. The van der Waals surface area contributed by atoms with Gasteiger partial charge >= 0.3 is 12.4 Å². The molecule has 1 fully saturated rings. The van der Waals surface area contributed by atoms with Gasteiger partial charge in [-0.15, -0.1) is 13.2 Å². The molecule has 4 rings (SSSR count). The number of nitrogens with zero attached hydrogens (tertiary/aromatic N) is 6. The number of carbonyl (C=O) groups excluding carboxylic acids is 1. The minimum atomic E-state index is -4.76. The van der Waals surface area contributed by atoms with E-state index in [-0.39, 0.29) is 11.8 Å². The summed E-state index contributed by atoms with van der Waals surface area (Å²) in [6.07, 6.45) is -1.53. The molecular formula is C21H22F3N7O2. The zero-order chi connectivity index (χ0) is 23.6. The molecule has 3 heterocycles. The fraction of sp³-hybridized carbons (Fsp3) is 0.333. The molecule has 0 bridgehead atoms. The number of aryl methyl sites for hydroxylation is 1. The van der Waals surface area contributed by atoms with Crippen molar-refractivity contribution in [1.29, 1.82) is 0 Å². The fourth-order valence-corrected chi connectivity index (χ4v) is 3.45. The number of ether oxygens (including phenoxy) is 1. The second-order valence-electron chi connectivity index (χ2n) is 7.50. The molecular weight excluding hydrogens is 439 g/mol. The third kappa shape index (κ3) is 5.33. The van der Waals surface area contributed by atoms with Crippen LogP contribution in [-0.4, -0.2) is 63.0 Å². The molecule has 0 radical (unpaired) electrons. The van der Waals surface area contributed by atoms with Crippen molar-refractivity contribution in [2.75, 3.05) is 36.4 Å². The molecule has 0 atom stereocenters. The molecule has 2 amide bonds. The van der Waals surface area contributed by atoms with Gasteiger partial charge in [0.25, 0.3) is 0 Å². The predicted molar refractivity (Wildman–Crippen MR) is 115 cm³/mol. The summed E-state index contributed by atoms with van der Waals surface area (Å²) in [5, 5.41) is 2.69. The number of hydrogen-bond acceptors (Lipinski definition) is 6. The van der Waals surface area contributed by atoms with Gasteiger partial charge in [0, 0.05) is 43.6 Å². The number of hydrogen-bond donors (Lipinski definition) is 1. The third-order valence-electron chi connectivity index (χ3n) is 5.37. The fourth-order valence-electron chi connectivity index (χ4n) is 3.45. The number of piperazine rings is 1. The van der Waals surface area contributed by atoms with E-state index >= 15 is 0 Å². The van der Waals surface area contributed by atoms with E-state index in [1.807, 2.05) is 24.5 Å². The van der Waals surface area contributed by atoms with Crippen LogP contribution >= 0.6 is 0 Å². The first kappa shape index (κ1) is 22.4. The number of nitrogens with one attached hydrogen (secondary N) is 1. The summed E-state index contributed by atoms with van der Waals surface area (Å²) in [5.74, 6) is 1.13. The van der Waals surface area contributed by atoms with Crippen LogP contribution in [0.3, 0.4) is 0 Å². The maximum absolute atomic E-state index is 12.6.